The van der Waals surface area contributed by atoms with Gasteiger partial charge in [0.25, 0.3) is 0 Å². The van der Waals surface area contributed by atoms with Crippen molar-refractivity contribution in [2.45, 2.75) is 25.9 Å². The molecule has 2 nitrogen and oxygen atoms in total. The first-order valence-electron chi connectivity index (χ1n) is 3.33. The van der Waals surface area contributed by atoms with Crippen molar-refractivity contribution < 1.29 is 18.0 Å². The molecule has 0 fully saturated rings. The van der Waals surface area contributed by atoms with E-state index < -0.39 is 30.7 Å². The standard InChI is InChI=1S/C7H8F3NO/c1-5(7(8,9)10)4-6(12)2-3-11/h5H,2,4H2,1H3. The van der Waals surface area contributed by atoms with Gasteiger partial charge in [-0.2, -0.15) is 18.4 Å². The Labute approximate surface area is 68.0 Å². The number of carbonyl (C=O) groups is 1. The first-order chi connectivity index (χ1) is 5.38. The monoisotopic (exact) mass is 179 g/mol. The summed E-state index contributed by atoms with van der Waals surface area (Å²) in [7, 11) is 0. The highest BCUT2D eigenvalue weighted by Crippen LogP contribution is 2.28. The summed E-state index contributed by atoms with van der Waals surface area (Å²) in [5, 5.41) is 8.00. The van der Waals surface area contributed by atoms with Gasteiger partial charge in [-0.25, -0.2) is 0 Å². The second kappa shape index (κ2) is 4.10. The molecule has 0 saturated heterocycles. The number of nitrogens with zero attached hydrogens (tertiary/aromatic N) is 1. The van der Waals surface area contributed by atoms with Gasteiger partial charge >= 0.3 is 6.18 Å². The molecule has 0 saturated carbocycles. The van der Waals surface area contributed by atoms with E-state index in [1.54, 1.807) is 0 Å². The molecule has 12 heavy (non-hydrogen) atoms. The van der Waals surface area contributed by atoms with Crippen molar-refractivity contribution in [3.8, 4) is 6.07 Å². The zero-order chi connectivity index (χ0) is 9.78. The van der Waals surface area contributed by atoms with Crippen LogP contribution >= 0.6 is 0 Å². The van der Waals surface area contributed by atoms with E-state index in [4.69, 9.17) is 5.26 Å². The molecule has 0 radical (unpaired) electrons. The van der Waals surface area contributed by atoms with E-state index in [9.17, 15) is 18.0 Å². The van der Waals surface area contributed by atoms with Crippen LogP contribution in [-0.2, 0) is 4.79 Å². The molecule has 0 spiro atoms. The predicted octanol–water partition coefficient (Wildman–Crippen LogP) is 2.06. The number of Topliss-reactive ketones (excluding diaryl/α,β-unsaturated/α-hetero) is 1. The van der Waals surface area contributed by atoms with E-state index in [-0.39, 0.29) is 0 Å². The molecule has 0 aliphatic heterocycles. The van der Waals surface area contributed by atoms with Crippen LogP contribution in [0, 0.1) is 17.2 Å². The largest absolute Gasteiger partial charge is 0.391 e. The maximum Gasteiger partial charge on any atom is 0.391 e. The third-order valence-electron chi connectivity index (χ3n) is 1.37. The lowest BCUT2D eigenvalue weighted by Crippen LogP contribution is -2.22. The Hall–Kier alpha value is -1.05. The van der Waals surface area contributed by atoms with Gasteiger partial charge < -0.3 is 0 Å². The Bertz CT molecular complexity index is 204. The van der Waals surface area contributed by atoms with Crippen molar-refractivity contribution in [3.05, 3.63) is 0 Å². The second-order valence-corrected chi connectivity index (χ2v) is 2.52. The summed E-state index contributed by atoms with van der Waals surface area (Å²) < 4.78 is 35.4. The minimum atomic E-state index is -4.34. The molecule has 0 amide bonds. The lowest BCUT2D eigenvalue weighted by atomic mass is 10.0. The minimum absolute atomic E-state index is 0.444. The predicted molar refractivity (Wildman–Crippen MR) is 35.1 cm³/mol. The third-order valence-corrected chi connectivity index (χ3v) is 1.37. The van der Waals surface area contributed by atoms with Gasteiger partial charge in [-0.15, -0.1) is 0 Å². The highest BCUT2D eigenvalue weighted by molar-refractivity contribution is 5.80. The SMILES string of the molecule is CC(CC(=O)CC#N)C(F)(F)F. The second-order valence-electron chi connectivity index (χ2n) is 2.52. The molecule has 0 heterocycles. The van der Waals surface area contributed by atoms with Gasteiger partial charge in [0.2, 0.25) is 0 Å². The van der Waals surface area contributed by atoms with Gasteiger partial charge in [0.05, 0.1) is 18.4 Å². The molecule has 0 aliphatic carbocycles. The fraction of sp³-hybridized carbons (Fsp3) is 0.714. The smallest absolute Gasteiger partial charge is 0.299 e. The van der Waals surface area contributed by atoms with E-state index in [0.29, 0.717) is 0 Å². The van der Waals surface area contributed by atoms with Gasteiger partial charge in [0.1, 0.15) is 5.78 Å². The van der Waals surface area contributed by atoms with Crippen LogP contribution in [0.1, 0.15) is 19.8 Å². The van der Waals surface area contributed by atoms with E-state index in [2.05, 4.69) is 0 Å². The van der Waals surface area contributed by atoms with Crippen molar-refractivity contribution in [1.82, 2.24) is 0 Å². The van der Waals surface area contributed by atoms with E-state index >= 15 is 0 Å². The summed E-state index contributed by atoms with van der Waals surface area (Å²) in [6.45, 7) is 0.926. The molecule has 0 aromatic carbocycles. The number of hydrogen-bond donors (Lipinski definition) is 0. The Morgan fingerprint density at radius 3 is 2.42 bits per heavy atom. The maximum atomic E-state index is 11.8. The number of carbonyl (C=O) groups excluding carboxylic acids is 1. The molecular formula is C7H8F3NO. The van der Waals surface area contributed by atoms with Crippen LogP contribution < -0.4 is 0 Å². The van der Waals surface area contributed by atoms with Crippen molar-refractivity contribution in [2.75, 3.05) is 0 Å². The highest BCUT2D eigenvalue weighted by atomic mass is 19.4. The molecule has 0 aromatic heterocycles. The Balaban J connectivity index is 3.95. The molecule has 0 N–H and O–H groups in total. The number of rotatable bonds is 3. The number of halogens is 3. The fourth-order valence-electron chi connectivity index (χ4n) is 0.618. The third kappa shape index (κ3) is 3.96. The van der Waals surface area contributed by atoms with Crippen LogP contribution in [0.25, 0.3) is 0 Å². The van der Waals surface area contributed by atoms with Gasteiger partial charge in [-0.1, -0.05) is 6.92 Å². The van der Waals surface area contributed by atoms with E-state index in [1.807, 2.05) is 0 Å². The van der Waals surface area contributed by atoms with Gasteiger partial charge in [-0.05, 0) is 0 Å². The first-order valence-corrected chi connectivity index (χ1v) is 3.33. The lowest BCUT2D eigenvalue weighted by molar-refractivity contribution is -0.173. The Kier molecular flexibility index (Phi) is 3.74. The van der Waals surface area contributed by atoms with Crippen LogP contribution in [-0.4, -0.2) is 12.0 Å². The average molecular weight is 179 g/mol. The summed E-state index contributed by atoms with van der Waals surface area (Å²) in [6.07, 6.45) is -5.39. The van der Waals surface area contributed by atoms with Gasteiger partial charge in [0.15, 0.2) is 0 Å². The van der Waals surface area contributed by atoms with E-state index in [1.165, 1.54) is 6.07 Å². The van der Waals surface area contributed by atoms with Gasteiger partial charge in [-0.3, -0.25) is 4.79 Å². The number of alkyl halides is 3. The minimum Gasteiger partial charge on any atom is -0.299 e. The normalized spacial score (nSPS) is 13.6. The number of nitriles is 1. The zero-order valence-electron chi connectivity index (χ0n) is 6.48. The Morgan fingerprint density at radius 2 is 2.08 bits per heavy atom. The summed E-state index contributed by atoms with van der Waals surface area (Å²) >= 11 is 0. The molecule has 0 aromatic rings. The molecule has 0 bridgehead atoms. The average Bonchev–Trinajstić information content (AvgIpc) is 1.85. The first kappa shape index (κ1) is 11.0. The van der Waals surface area contributed by atoms with Crippen molar-refractivity contribution in [1.29, 1.82) is 5.26 Å². The fourth-order valence-corrected chi connectivity index (χ4v) is 0.618. The molecule has 0 aliphatic rings. The van der Waals surface area contributed by atoms with Crippen LogP contribution in [0.5, 0.6) is 0 Å². The number of hydrogen-bond acceptors (Lipinski definition) is 2. The van der Waals surface area contributed by atoms with Crippen molar-refractivity contribution >= 4 is 5.78 Å². The van der Waals surface area contributed by atoms with Crippen LogP contribution in [0.15, 0.2) is 0 Å². The maximum absolute atomic E-state index is 11.8. The Morgan fingerprint density at radius 1 is 1.58 bits per heavy atom. The van der Waals surface area contributed by atoms with Crippen molar-refractivity contribution in [3.63, 3.8) is 0 Å². The van der Waals surface area contributed by atoms with E-state index in [0.717, 1.165) is 6.92 Å². The zero-order valence-corrected chi connectivity index (χ0v) is 6.48. The summed E-state index contributed by atoms with van der Waals surface area (Å²) in [5.41, 5.74) is 0. The summed E-state index contributed by atoms with van der Waals surface area (Å²) in [6, 6.07) is 1.51. The van der Waals surface area contributed by atoms with Crippen LogP contribution in [0.2, 0.25) is 0 Å². The quantitative estimate of drug-likeness (QED) is 0.665. The van der Waals surface area contributed by atoms with Crippen molar-refractivity contribution in [2.24, 2.45) is 5.92 Å². The lowest BCUT2D eigenvalue weighted by Gasteiger charge is -2.13. The number of ketones is 1. The van der Waals surface area contributed by atoms with Crippen LogP contribution in [0.3, 0.4) is 0 Å². The topological polar surface area (TPSA) is 40.9 Å². The summed E-state index contributed by atoms with van der Waals surface area (Å²) in [4.78, 5) is 10.6. The molecule has 0 rings (SSSR count). The van der Waals surface area contributed by atoms with Gasteiger partial charge in [0, 0.05) is 6.42 Å². The summed E-state index contributed by atoms with van der Waals surface area (Å²) in [5.74, 6) is -2.32. The molecule has 1 atom stereocenters. The van der Waals surface area contributed by atoms with Crippen LogP contribution in [0.4, 0.5) is 13.2 Å². The molecular weight excluding hydrogens is 171 g/mol. The molecule has 1 unspecified atom stereocenters. The highest BCUT2D eigenvalue weighted by Gasteiger charge is 2.36. The molecule has 68 valence electrons. The molecule has 5 heteroatoms.